The standard InChI is InChI=1S/C34H41N2O3.BrH/c37-32(39-27-29-10-4-1-5-11-29)35-21-16-28(17-22-35)26-36-23-18-33(19-24-36,20-25-36)34(38,30-12-6-2-7-13-30)31-14-8-3-9-15-31;/h1-15,28,38H,16-27H2;1H/q+1;/p-1. The number of hydrogen-bond donors (Lipinski definition) is 1. The number of piperidine rings is 4. The molecule has 1 amide bonds. The third kappa shape index (κ3) is 5.46. The molecule has 4 aliphatic rings. The Bertz CT molecular complexity index is 1180. The molecule has 4 saturated heterocycles. The summed E-state index contributed by atoms with van der Waals surface area (Å²) in [7, 11) is 0. The average Bonchev–Trinajstić information content (AvgIpc) is 3.02. The molecular formula is C34H41BrN2O3. The van der Waals surface area contributed by atoms with Crippen LogP contribution in [-0.2, 0) is 16.9 Å². The Morgan fingerprint density at radius 2 is 1.30 bits per heavy atom. The van der Waals surface area contributed by atoms with Gasteiger partial charge in [0, 0.05) is 43.7 Å². The number of ether oxygens (including phenoxy) is 1. The van der Waals surface area contributed by atoms with Crippen molar-refractivity contribution in [3.05, 3.63) is 108 Å². The van der Waals surface area contributed by atoms with Crippen LogP contribution in [0.15, 0.2) is 91.0 Å². The van der Waals surface area contributed by atoms with Gasteiger partial charge >= 0.3 is 6.09 Å². The molecule has 4 heterocycles. The van der Waals surface area contributed by atoms with Crippen molar-refractivity contribution in [3.8, 4) is 0 Å². The number of nitrogens with zero attached hydrogens (tertiary/aromatic N) is 2. The number of aliphatic hydroxyl groups is 1. The second kappa shape index (κ2) is 12.1. The van der Waals surface area contributed by atoms with Crippen LogP contribution in [0.4, 0.5) is 4.79 Å². The molecule has 5 nitrogen and oxygen atoms in total. The van der Waals surface area contributed by atoms with Gasteiger partial charge in [0.15, 0.2) is 0 Å². The lowest BCUT2D eigenvalue weighted by Crippen LogP contribution is -3.00. The van der Waals surface area contributed by atoms with Crippen molar-refractivity contribution in [3.63, 3.8) is 0 Å². The van der Waals surface area contributed by atoms with Gasteiger partial charge in [-0.1, -0.05) is 91.0 Å². The van der Waals surface area contributed by atoms with E-state index in [0.29, 0.717) is 12.5 Å². The lowest BCUT2D eigenvalue weighted by atomic mass is 9.56. The van der Waals surface area contributed by atoms with Crippen LogP contribution in [0.5, 0.6) is 0 Å². The Morgan fingerprint density at radius 3 is 1.80 bits per heavy atom. The van der Waals surface area contributed by atoms with Crippen molar-refractivity contribution in [1.82, 2.24) is 4.90 Å². The first-order valence-electron chi connectivity index (χ1n) is 14.7. The normalized spacial score (nSPS) is 24.8. The van der Waals surface area contributed by atoms with Crippen molar-refractivity contribution in [1.29, 1.82) is 0 Å². The fraction of sp³-hybridized carbons (Fsp3) is 0.441. The van der Waals surface area contributed by atoms with Crippen molar-refractivity contribution in [2.45, 2.75) is 44.3 Å². The van der Waals surface area contributed by atoms with E-state index in [1.807, 2.05) is 47.4 Å². The zero-order valence-corrected chi connectivity index (χ0v) is 24.8. The first-order chi connectivity index (χ1) is 19.0. The summed E-state index contributed by atoms with van der Waals surface area (Å²) in [6.45, 7) is 6.47. The summed E-state index contributed by atoms with van der Waals surface area (Å²) in [4.78, 5) is 14.5. The van der Waals surface area contributed by atoms with Crippen LogP contribution in [0.25, 0.3) is 0 Å². The molecule has 3 aromatic rings. The van der Waals surface area contributed by atoms with Crippen molar-refractivity contribution < 1.29 is 36.1 Å². The van der Waals surface area contributed by atoms with E-state index in [0.717, 1.165) is 81.5 Å². The summed E-state index contributed by atoms with van der Waals surface area (Å²) >= 11 is 0. The van der Waals surface area contributed by atoms with Gasteiger partial charge in [-0.25, -0.2) is 4.79 Å². The highest BCUT2D eigenvalue weighted by atomic mass is 79.9. The van der Waals surface area contributed by atoms with Gasteiger partial charge in [-0.3, -0.25) is 0 Å². The monoisotopic (exact) mass is 604 g/mol. The number of benzene rings is 3. The van der Waals surface area contributed by atoms with Crippen LogP contribution in [0.1, 0.15) is 48.8 Å². The van der Waals surface area contributed by atoms with Crippen molar-refractivity contribution in [2.75, 3.05) is 39.3 Å². The molecule has 1 N–H and O–H groups in total. The van der Waals surface area contributed by atoms with Gasteiger partial charge in [-0.2, -0.15) is 0 Å². The van der Waals surface area contributed by atoms with Crippen LogP contribution >= 0.6 is 0 Å². The highest BCUT2D eigenvalue weighted by Crippen LogP contribution is 2.57. The fourth-order valence-electron chi connectivity index (χ4n) is 7.67. The van der Waals surface area contributed by atoms with Crippen LogP contribution in [0.2, 0.25) is 0 Å². The first kappa shape index (κ1) is 28.8. The number of carbonyl (C=O) groups is 1. The largest absolute Gasteiger partial charge is 1.00 e. The Hall–Kier alpha value is -2.67. The molecule has 4 aliphatic heterocycles. The molecule has 0 saturated carbocycles. The summed E-state index contributed by atoms with van der Waals surface area (Å²) in [5.41, 5.74) is 1.95. The molecule has 2 bridgehead atoms. The van der Waals surface area contributed by atoms with Crippen LogP contribution in [-0.4, -0.2) is 59.9 Å². The second-order valence-electron chi connectivity index (χ2n) is 12.1. The molecule has 0 radical (unpaired) electrons. The molecule has 212 valence electrons. The van der Waals surface area contributed by atoms with Gasteiger partial charge in [0.25, 0.3) is 0 Å². The zero-order chi connectivity index (χ0) is 26.8. The molecule has 0 spiro atoms. The van der Waals surface area contributed by atoms with Gasteiger partial charge in [-0.05, 0) is 29.5 Å². The van der Waals surface area contributed by atoms with E-state index in [4.69, 9.17) is 4.74 Å². The summed E-state index contributed by atoms with van der Waals surface area (Å²) in [5, 5.41) is 12.6. The summed E-state index contributed by atoms with van der Waals surface area (Å²) in [6.07, 6.45) is 5.02. The molecule has 0 aromatic heterocycles. The predicted octanol–water partition coefficient (Wildman–Crippen LogP) is 2.98. The smallest absolute Gasteiger partial charge is 0.410 e. The third-order valence-electron chi connectivity index (χ3n) is 10.1. The number of carbonyl (C=O) groups excluding carboxylic acids is 1. The fourth-order valence-corrected chi connectivity index (χ4v) is 7.67. The molecule has 6 heteroatoms. The Morgan fingerprint density at radius 1 is 0.825 bits per heavy atom. The molecule has 7 rings (SSSR count). The zero-order valence-electron chi connectivity index (χ0n) is 23.3. The third-order valence-corrected chi connectivity index (χ3v) is 10.1. The number of halogens is 1. The maximum absolute atomic E-state index is 12.6. The van der Waals surface area contributed by atoms with Gasteiger partial charge in [0.1, 0.15) is 12.2 Å². The lowest BCUT2D eigenvalue weighted by Gasteiger charge is -2.60. The van der Waals surface area contributed by atoms with Crippen molar-refractivity contribution in [2.24, 2.45) is 11.3 Å². The highest BCUT2D eigenvalue weighted by molar-refractivity contribution is 5.67. The van der Waals surface area contributed by atoms with E-state index < -0.39 is 5.60 Å². The first-order valence-corrected chi connectivity index (χ1v) is 14.7. The van der Waals surface area contributed by atoms with Gasteiger partial charge in [-0.15, -0.1) is 0 Å². The minimum Gasteiger partial charge on any atom is -1.00 e. The second-order valence-corrected chi connectivity index (χ2v) is 12.1. The Labute approximate surface area is 249 Å². The SMILES string of the molecule is O=C(OCc1ccccc1)N1CCC(C[N+]23CCC(C(O)(c4ccccc4)c4ccccc4)(CC2)CC3)CC1.[Br-]. The summed E-state index contributed by atoms with van der Waals surface area (Å²) in [6, 6.07) is 30.6. The van der Waals surface area contributed by atoms with E-state index in [1.165, 1.54) is 11.0 Å². The van der Waals surface area contributed by atoms with E-state index in [2.05, 4.69) is 48.5 Å². The Balaban J connectivity index is 0.00000323. The van der Waals surface area contributed by atoms with E-state index >= 15 is 0 Å². The van der Waals surface area contributed by atoms with Gasteiger partial charge < -0.3 is 36.2 Å². The molecule has 4 fully saturated rings. The quantitative estimate of drug-likeness (QED) is 0.422. The lowest BCUT2D eigenvalue weighted by molar-refractivity contribution is -0.949. The number of quaternary nitrogens is 1. The number of hydrogen-bond acceptors (Lipinski definition) is 3. The van der Waals surface area contributed by atoms with Gasteiger partial charge in [0.05, 0.1) is 26.2 Å². The van der Waals surface area contributed by atoms with Crippen LogP contribution < -0.4 is 17.0 Å². The molecule has 0 aliphatic carbocycles. The average molecular weight is 606 g/mol. The maximum Gasteiger partial charge on any atom is 0.410 e. The number of likely N-dealkylation sites (tertiary alicyclic amines) is 1. The Kier molecular flexibility index (Phi) is 8.69. The molecule has 40 heavy (non-hydrogen) atoms. The predicted molar refractivity (Wildman–Crippen MR) is 153 cm³/mol. The van der Waals surface area contributed by atoms with Crippen molar-refractivity contribution >= 4 is 6.09 Å². The molecule has 0 unspecified atom stereocenters. The maximum atomic E-state index is 12.6. The number of amides is 1. The number of fused-ring (bicyclic) bond motifs is 3. The van der Waals surface area contributed by atoms with Crippen LogP contribution in [0, 0.1) is 11.3 Å². The van der Waals surface area contributed by atoms with Gasteiger partial charge in [0.2, 0.25) is 0 Å². The van der Waals surface area contributed by atoms with E-state index in [-0.39, 0.29) is 28.5 Å². The topological polar surface area (TPSA) is 49.8 Å². The van der Waals surface area contributed by atoms with E-state index in [1.54, 1.807) is 0 Å². The number of rotatable bonds is 7. The summed E-state index contributed by atoms with van der Waals surface area (Å²) in [5.74, 6) is 0.635. The molecule has 3 aromatic carbocycles. The highest BCUT2D eigenvalue weighted by Gasteiger charge is 2.60. The molecular weight excluding hydrogens is 564 g/mol. The minimum atomic E-state index is -0.975. The minimum absolute atomic E-state index is 0. The van der Waals surface area contributed by atoms with Crippen LogP contribution in [0.3, 0.4) is 0 Å². The summed E-state index contributed by atoms with van der Waals surface area (Å²) < 4.78 is 6.75. The molecule has 0 atom stereocenters. The van der Waals surface area contributed by atoms with E-state index in [9.17, 15) is 9.90 Å².